The van der Waals surface area contributed by atoms with Gasteiger partial charge in [0.15, 0.2) is 0 Å². The molecule has 0 unspecified atom stereocenters. The molecular formula is C6H9NO. The Kier molecular flexibility index (Phi) is 5.38. The van der Waals surface area contributed by atoms with Gasteiger partial charge in [-0.15, -0.1) is 0 Å². The van der Waals surface area contributed by atoms with Crippen LogP contribution in [0.1, 0.15) is 6.92 Å². The summed E-state index contributed by atoms with van der Waals surface area (Å²) in [5, 5.41) is 2.64. The lowest BCUT2D eigenvalue weighted by atomic mass is 10.4. The molecule has 0 atom stereocenters. The Morgan fingerprint density at radius 1 is 1.50 bits per heavy atom. The predicted octanol–water partition coefficient (Wildman–Crippen LogP) is 1.89. The molecule has 0 saturated carbocycles. The van der Waals surface area contributed by atoms with Gasteiger partial charge in [0.25, 0.3) is 0 Å². The largest absolute Gasteiger partial charge is 0.150 e. The fourth-order valence-corrected chi connectivity index (χ4v) is 0.294. The van der Waals surface area contributed by atoms with Crippen molar-refractivity contribution in [3.8, 4) is 0 Å². The fraction of sp³-hybridized carbons (Fsp3) is 0.333. The smallest absolute Gasteiger partial charge is 0.0995 e. The normalized spacial score (nSPS) is 11.1. The van der Waals surface area contributed by atoms with Crippen molar-refractivity contribution >= 4 is 0 Å². The number of nitrogens with zero attached hydrogens (tertiary/aromatic N) is 1. The SMILES string of the molecule is C/C=C/C=C/CN=O. The minimum Gasteiger partial charge on any atom is -0.150 e. The summed E-state index contributed by atoms with van der Waals surface area (Å²) in [6.07, 6.45) is 7.24. The first-order chi connectivity index (χ1) is 3.91. The van der Waals surface area contributed by atoms with Crippen molar-refractivity contribution in [1.29, 1.82) is 0 Å². The van der Waals surface area contributed by atoms with E-state index in [-0.39, 0.29) is 6.54 Å². The van der Waals surface area contributed by atoms with Gasteiger partial charge in [-0.1, -0.05) is 29.5 Å². The summed E-state index contributed by atoms with van der Waals surface area (Å²) < 4.78 is 0. The summed E-state index contributed by atoms with van der Waals surface area (Å²) in [4.78, 5) is 9.44. The topological polar surface area (TPSA) is 29.4 Å². The van der Waals surface area contributed by atoms with Gasteiger partial charge in [0.1, 0.15) is 0 Å². The van der Waals surface area contributed by atoms with Gasteiger partial charge in [-0.3, -0.25) is 0 Å². The maximum atomic E-state index is 9.44. The lowest BCUT2D eigenvalue weighted by Gasteiger charge is -1.70. The van der Waals surface area contributed by atoms with E-state index in [9.17, 15) is 4.91 Å². The molecule has 0 aliphatic carbocycles. The first kappa shape index (κ1) is 7.08. The molecule has 0 aliphatic heterocycles. The van der Waals surface area contributed by atoms with Crippen LogP contribution in [0.25, 0.3) is 0 Å². The van der Waals surface area contributed by atoms with Gasteiger partial charge in [-0.05, 0) is 6.92 Å². The van der Waals surface area contributed by atoms with Crippen LogP contribution in [0.2, 0.25) is 0 Å². The van der Waals surface area contributed by atoms with Crippen molar-refractivity contribution in [1.82, 2.24) is 0 Å². The van der Waals surface area contributed by atoms with E-state index in [4.69, 9.17) is 0 Å². The van der Waals surface area contributed by atoms with Gasteiger partial charge in [0.05, 0.1) is 6.54 Å². The lowest BCUT2D eigenvalue weighted by Crippen LogP contribution is -1.63. The minimum absolute atomic E-state index is 0.268. The molecule has 0 spiro atoms. The highest BCUT2D eigenvalue weighted by atomic mass is 16.3. The van der Waals surface area contributed by atoms with Crippen LogP contribution in [-0.4, -0.2) is 6.54 Å². The molecule has 0 radical (unpaired) electrons. The Morgan fingerprint density at radius 2 is 2.25 bits per heavy atom. The van der Waals surface area contributed by atoms with Crippen LogP contribution < -0.4 is 0 Å². The minimum atomic E-state index is 0.268. The quantitative estimate of drug-likeness (QED) is 0.404. The molecule has 0 aromatic carbocycles. The van der Waals surface area contributed by atoms with Crippen LogP contribution in [0.4, 0.5) is 0 Å². The Hall–Kier alpha value is -0.920. The molecule has 0 N–H and O–H groups in total. The molecule has 2 nitrogen and oxygen atoms in total. The number of hydrogen-bond acceptors (Lipinski definition) is 2. The monoisotopic (exact) mass is 111 g/mol. The average molecular weight is 111 g/mol. The molecule has 0 saturated heterocycles. The van der Waals surface area contributed by atoms with Gasteiger partial charge in [-0.2, -0.15) is 4.91 Å². The molecule has 2 heteroatoms. The Bertz CT molecular complexity index is 105. The van der Waals surface area contributed by atoms with Crippen molar-refractivity contribution in [2.75, 3.05) is 6.54 Å². The number of rotatable bonds is 3. The van der Waals surface area contributed by atoms with E-state index in [0.717, 1.165) is 0 Å². The van der Waals surface area contributed by atoms with Crippen LogP contribution in [0.3, 0.4) is 0 Å². The van der Waals surface area contributed by atoms with E-state index in [1.807, 2.05) is 19.1 Å². The average Bonchev–Trinajstić information content (AvgIpc) is 1.81. The summed E-state index contributed by atoms with van der Waals surface area (Å²) >= 11 is 0. The van der Waals surface area contributed by atoms with Crippen LogP contribution in [0.15, 0.2) is 29.5 Å². The number of hydrogen-bond donors (Lipinski definition) is 0. The Balaban J connectivity index is 3.19. The van der Waals surface area contributed by atoms with E-state index >= 15 is 0 Å². The fourth-order valence-electron chi connectivity index (χ4n) is 0.294. The standard InChI is InChI=1S/C6H9NO/c1-2-3-4-5-6-7-8/h2-5H,6H2,1H3/b3-2+,5-4+. The summed E-state index contributed by atoms with van der Waals surface area (Å²) in [6, 6.07) is 0. The predicted molar refractivity (Wildman–Crippen MR) is 34.6 cm³/mol. The second kappa shape index (κ2) is 6.08. The first-order valence-corrected chi connectivity index (χ1v) is 2.48. The Labute approximate surface area is 48.9 Å². The second-order valence-corrected chi connectivity index (χ2v) is 1.27. The molecule has 0 amide bonds. The van der Waals surface area contributed by atoms with Crippen molar-refractivity contribution in [2.24, 2.45) is 5.18 Å². The van der Waals surface area contributed by atoms with E-state index < -0.39 is 0 Å². The third-order valence-electron chi connectivity index (χ3n) is 0.620. The molecule has 0 heterocycles. The zero-order valence-corrected chi connectivity index (χ0v) is 4.87. The summed E-state index contributed by atoms with van der Waals surface area (Å²) in [6.45, 7) is 2.18. The van der Waals surface area contributed by atoms with Gasteiger partial charge in [0.2, 0.25) is 0 Å². The van der Waals surface area contributed by atoms with Crippen molar-refractivity contribution in [3.05, 3.63) is 29.2 Å². The number of allylic oxidation sites excluding steroid dienone is 3. The van der Waals surface area contributed by atoms with E-state index in [1.54, 1.807) is 12.2 Å². The Morgan fingerprint density at radius 3 is 2.75 bits per heavy atom. The van der Waals surface area contributed by atoms with Crippen LogP contribution in [0.5, 0.6) is 0 Å². The summed E-state index contributed by atoms with van der Waals surface area (Å²) in [7, 11) is 0. The van der Waals surface area contributed by atoms with E-state index in [1.165, 1.54) is 0 Å². The third-order valence-corrected chi connectivity index (χ3v) is 0.620. The van der Waals surface area contributed by atoms with Crippen LogP contribution in [0, 0.1) is 4.91 Å². The van der Waals surface area contributed by atoms with Crippen LogP contribution >= 0.6 is 0 Å². The van der Waals surface area contributed by atoms with Gasteiger partial charge < -0.3 is 0 Å². The van der Waals surface area contributed by atoms with Gasteiger partial charge >= 0.3 is 0 Å². The molecule has 0 aromatic heterocycles. The first-order valence-electron chi connectivity index (χ1n) is 2.48. The van der Waals surface area contributed by atoms with Gasteiger partial charge in [-0.25, -0.2) is 0 Å². The molecule has 44 valence electrons. The van der Waals surface area contributed by atoms with Crippen molar-refractivity contribution in [2.45, 2.75) is 6.92 Å². The maximum Gasteiger partial charge on any atom is 0.0995 e. The molecular weight excluding hydrogens is 102 g/mol. The third kappa shape index (κ3) is 5.08. The highest BCUT2D eigenvalue weighted by molar-refractivity contribution is 5.01. The summed E-state index contributed by atoms with van der Waals surface area (Å²) in [5.74, 6) is 0. The van der Waals surface area contributed by atoms with E-state index in [2.05, 4.69) is 5.18 Å². The van der Waals surface area contributed by atoms with Crippen LogP contribution in [-0.2, 0) is 0 Å². The van der Waals surface area contributed by atoms with E-state index in [0.29, 0.717) is 0 Å². The molecule has 0 fully saturated rings. The molecule has 0 bridgehead atoms. The van der Waals surface area contributed by atoms with Crippen molar-refractivity contribution in [3.63, 3.8) is 0 Å². The molecule has 8 heavy (non-hydrogen) atoms. The second-order valence-electron chi connectivity index (χ2n) is 1.27. The highest BCUT2D eigenvalue weighted by Gasteiger charge is 1.65. The van der Waals surface area contributed by atoms with Gasteiger partial charge in [0, 0.05) is 0 Å². The highest BCUT2D eigenvalue weighted by Crippen LogP contribution is 1.76. The maximum absolute atomic E-state index is 9.44. The lowest BCUT2D eigenvalue weighted by molar-refractivity contribution is 1.22. The number of nitroso groups, excluding NO2 is 1. The molecule has 0 rings (SSSR count). The molecule has 0 aliphatic rings. The zero-order valence-electron chi connectivity index (χ0n) is 4.87. The zero-order chi connectivity index (χ0) is 6.24. The van der Waals surface area contributed by atoms with Crippen molar-refractivity contribution < 1.29 is 0 Å². The summed E-state index contributed by atoms with van der Waals surface area (Å²) in [5.41, 5.74) is 0. The molecule has 0 aromatic rings.